The highest BCUT2D eigenvalue weighted by molar-refractivity contribution is 5.32. The number of phenols is 1. The molecule has 0 aliphatic heterocycles. The molecule has 0 radical (unpaired) electrons. The third-order valence-corrected chi connectivity index (χ3v) is 3.97. The maximum absolute atomic E-state index is 9.74. The van der Waals surface area contributed by atoms with E-state index in [9.17, 15) is 5.11 Å². The second kappa shape index (κ2) is 5.93. The first-order valence-corrected chi connectivity index (χ1v) is 6.33. The van der Waals surface area contributed by atoms with Gasteiger partial charge in [-0.05, 0) is 35.8 Å². The molecule has 1 N–H and O–H groups in total. The second-order valence-electron chi connectivity index (χ2n) is 5.05. The average Bonchev–Trinajstić information content (AvgIpc) is 2.30. The van der Waals surface area contributed by atoms with Gasteiger partial charge in [-0.25, -0.2) is 0 Å². The van der Waals surface area contributed by atoms with E-state index in [1.54, 1.807) is 6.07 Å². The average molecular weight is 220 g/mol. The van der Waals surface area contributed by atoms with Gasteiger partial charge in [0, 0.05) is 0 Å². The van der Waals surface area contributed by atoms with Crippen molar-refractivity contribution >= 4 is 0 Å². The van der Waals surface area contributed by atoms with E-state index < -0.39 is 0 Å². The third kappa shape index (κ3) is 3.26. The highest BCUT2D eigenvalue weighted by atomic mass is 16.3. The van der Waals surface area contributed by atoms with Gasteiger partial charge in [0.2, 0.25) is 0 Å². The van der Waals surface area contributed by atoms with Crippen LogP contribution in [0.1, 0.15) is 39.7 Å². The first-order chi connectivity index (χ1) is 7.56. The van der Waals surface area contributed by atoms with E-state index in [1.807, 2.05) is 18.2 Å². The largest absolute Gasteiger partial charge is 0.508 e. The molecule has 1 heteroatoms. The zero-order valence-electron chi connectivity index (χ0n) is 10.9. The van der Waals surface area contributed by atoms with Gasteiger partial charge in [0.15, 0.2) is 0 Å². The van der Waals surface area contributed by atoms with Crippen LogP contribution in [0.25, 0.3) is 0 Å². The fourth-order valence-corrected chi connectivity index (χ4v) is 2.15. The fourth-order valence-electron chi connectivity index (χ4n) is 2.15. The molecular formula is C15H24O. The summed E-state index contributed by atoms with van der Waals surface area (Å²) in [5.41, 5.74) is 1.07. The van der Waals surface area contributed by atoms with Crippen LogP contribution in [0, 0.1) is 17.8 Å². The lowest BCUT2D eigenvalue weighted by Crippen LogP contribution is -2.18. The summed E-state index contributed by atoms with van der Waals surface area (Å²) in [5, 5.41) is 9.74. The smallest absolute Gasteiger partial charge is 0.118 e. The van der Waals surface area contributed by atoms with Crippen molar-refractivity contribution in [2.75, 3.05) is 0 Å². The van der Waals surface area contributed by atoms with E-state index in [0.717, 1.165) is 17.9 Å². The molecule has 0 aliphatic rings. The molecule has 0 heterocycles. The number of phenolic OH excluding ortho intramolecular Hbond substituents is 1. The van der Waals surface area contributed by atoms with Crippen molar-refractivity contribution in [2.45, 2.75) is 40.5 Å². The second-order valence-corrected chi connectivity index (χ2v) is 5.05. The molecule has 16 heavy (non-hydrogen) atoms. The van der Waals surface area contributed by atoms with Crippen LogP contribution < -0.4 is 0 Å². The van der Waals surface area contributed by atoms with Gasteiger partial charge in [-0.3, -0.25) is 0 Å². The Balaban J connectivity index is 2.64. The molecule has 0 aliphatic carbocycles. The van der Waals surface area contributed by atoms with E-state index >= 15 is 0 Å². The summed E-state index contributed by atoms with van der Waals surface area (Å²) in [6, 6.07) is 7.67. The van der Waals surface area contributed by atoms with Crippen molar-refractivity contribution in [2.24, 2.45) is 17.8 Å². The molecule has 1 aromatic rings. The van der Waals surface area contributed by atoms with Crippen LogP contribution in [-0.4, -0.2) is 5.11 Å². The van der Waals surface area contributed by atoms with Crippen molar-refractivity contribution in [3.63, 3.8) is 0 Å². The molecule has 3 unspecified atom stereocenters. The van der Waals surface area contributed by atoms with Crippen molar-refractivity contribution in [3.8, 4) is 5.75 Å². The highest BCUT2D eigenvalue weighted by Crippen LogP contribution is 2.28. The van der Waals surface area contributed by atoms with Gasteiger partial charge in [-0.1, -0.05) is 52.3 Å². The van der Waals surface area contributed by atoms with E-state index in [4.69, 9.17) is 0 Å². The van der Waals surface area contributed by atoms with Crippen LogP contribution in [0.5, 0.6) is 5.75 Å². The Hall–Kier alpha value is -0.980. The Morgan fingerprint density at radius 3 is 2.25 bits per heavy atom. The summed E-state index contributed by atoms with van der Waals surface area (Å²) in [7, 11) is 0. The molecule has 1 rings (SSSR count). The van der Waals surface area contributed by atoms with E-state index in [-0.39, 0.29) is 0 Å². The minimum Gasteiger partial charge on any atom is -0.508 e. The Kier molecular flexibility index (Phi) is 4.85. The normalized spacial score (nSPS) is 16.8. The van der Waals surface area contributed by atoms with Crippen LogP contribution in [0.3, 0.4) is 0 Å². The Bertz CT molecular complexity index is 319. The summed E-state index contributed by atoms with van der Waals surface area (Å²) in [6.07, 6.45) is 2.20. The van der Waals surface area contributed by atoms with E-state index in [2.05, 4.69) is 27.7 Å². The Morgan fingerprint density at radius 1 is 1.06 bits per heavy atom. The van der Waals surface area contributed by atoms with Gasteiger partial charge in [0.25, 0.3) is 0 Å². The van der Waals surface area contributed by atoms with Gasteiger partial charge >= 0.3 is 0 Å². The number of rotatable bonds is 5. The van der Waals surface area contributed by atoms with Crippen LogP contribution in [-0.2, 0) is 6.42 Å². The first-order valence-electron chi connectivity index (χ1n) is 6.33. The number of aromatic hydroxyl groups is 1. The summed E-state index contributed by atoms with van der Waals surface area (Å²) in [4.78, 5) is 0. The van der Waals surface area contributed by atoms with Crippen molar-refractivity contribution in [1.82, 2.24) is 0 Å². The van der Waals surface area contributed by atoms with Gasteiger partial charge in [0.05, 0.1) is 0 Å². The molecule has 0 aromatic heterocycles. The lowest BCUT2D eigenvalue weighted by molar-refractivity contribution is 0.269. The molecule has 0 bridgehead atoms. The quantitative estimate of drug-likeness (QED) is 0.786. The highest BCUT2D eigenvalue weighted by Gasteiger charge is 2.18. The van der Waals surface area contributed by atoms with Gasteiger partial charge in [-0.2, -0.15) is 0 Å². The molecule has 1 aromatic carbocycles. The third-order valence-electron chi connectivity index (χ3n) is 3.97. The van der Waals surface area contributed by atoms with Crippen LogP contribution in [0.2, 0.25) is 0 Å². The van der Waals surface area contributed by atoms with Gasteiger partial charge in [0.1, 0.15) is 5.75 Å². The van der Waals surface area contributed by atoms with E-state index in [0.29, 0.717) is 17.6 Å². The van der Waals surface area contributed by atoms with Gasteiger partial charge in [-0.15, -0.1) is 0 Å². The lowest BCUT2D eigenvalue weighted by Gasteiger charge is -2.25. The molecule has 0 spiro atoms. The monoisotopic (exact) mass is 220 g/mol. The molecule has 0 saturated heterocycles. The number of benzene rings is 1. The molecule has 0 amide bonds. The molecule has 3 atom stereocenters. The predicted molar refractivity (Wildman–Crippen MR) is 69.6 cm³/mol. The van der Waals surface area contributed by atoms with Crippen molar-refractivity contribution < 1.29 is 5.11 Å². The van der Waals surface area contributed by atoms with Crippen LogP contribution >= 0.6 is 0 Å². The minimum absolute atomic E-state index is 0.436. The Labute approximate surface area is 99.5 Å². The topological polar surface area (TPSA) is 20.2 Å². The fraction of sp³-hybridized carbons (Fsp3) is 0.600. The summed E-state index contributed by atoms with van der Waals surface area (Å²) >= 11 is 0. The maximum Gasteiger partial charge on any atom is 0.118 e. The number of para-hydroxylation sites is 1. The summed E-state index contributed by atoms with van der Waals surface area (Å²) < 4.78 is 0. The summed E-state index contributed by atoms with van der Waals surface area (Å²) in [6.45, 7) is 9.15. The minimum atomic E-state index is 0.436. The summed E-state index contributed by atoms with van der Waals surface area (Å²) in [5.74, 6) is 2.50. The standard InChI is InChI=1S/C15H24O/c1-5-11(2)13(4)12(3)10-14-8-6-7-9-15(14)16/h6-9,11-13,16H,5,10H2,1-4H3. The zero-order chi connectivity index (χ0) is 12.1. The molecule has 0 fully saturated rings. The molecule has 90 valence electrons. The maximum atomic E-state index is 9.74. The van der Waals surface area contributed by atoms with Crippen molar-refractivity contribution in [3.05, 3.63) is 29.8 Å². The molecule has 1 nitrogen and oxygen atoms in total. The first kappa shape index (κ1) is 13.1. The molecular weight excluding hydrogens is 196 g/mol. The number of hydrogen-bond donors (Lipinski definition) is 1. The van der Waals surface area contributed by atoms with E-state index in [1.165, 1.54) is 6.42 Å². The lowest BCUT2D eigenvalue weighted by atomic mass is 9.80. The van der Waals surface area contributed by atoms with Crippen LogP contribution in [0.4, 0.5) is 0 Å². The zero-order valence-corrected chi connectivity index (χ0v) is 10.9. The predicted octanol–water partition coefficient (Wildman–Crippen LogP) is 4.25. The van der Waals surface area contributed by atoms with Crippen molar-refractivity contribution in [1.29, 1.82) is 0 Å². The van der Waals surface area contributed by atoms with Crippen LogP contribution in [0.15, 0.2) is 24.3 Å². The number of hydrogen-bond acceptors (Lipinski definition) is 1. The Morgan fingerprint density at radius 2 is 1.69 bits per heavy atom. The SMILES string of the molecule is CCC(C)C(C)C(C)Cc1ccccc1O. The molecule has 0 saturated carbocycles. The van der Waals surface area contributed by atoms with Gasteiger partial charge < -0.3 is 5.11 Å².